The zero-order valence-electron chi connectivity index (χ0n) is 17.0. The Labute approximate surface area is 171 Å². The van der Waals surface area contributed by atoms with E-state index in [1.54, 1.807) is 11.1 Å². The number of likely N-dealkylation sites (tertiary alicyclic amines) is 2. The van der Waals surface area contributed by atoms with Gasteiger partial charge in [0.2, 0.25) is 17.7 Å². The van der Waals surface area contributed by atoms with Gasteiger partial charge in [0.25, 0.3) is 0 Å². The van der Waals surface area contributed by atoms with Crippen LogP contribution in [-0.4, -0.2) is 64.7 Å². The topological polar surface area (TPSA) is 109 Å². The SMILES string of the molecule is CC(=O)N1C[C@@H](N)CC[C@@H](C(=O)N2CCC(C(=O)NCc3ccccn3)CC2)C1. The minimum absolute atomic E-state index is 0.0194. The van der Waals surface area contributed by atoms with Crippen LogP contribution in [0.5, 0.6) is 0 Å². The van der Waals surface area contributed by atoms with Crippen LogP contribution >= 0.6 is 0 Å². The summed E-state index contributed by atoms with van der Waals surface area (Å²) in [7, 11) is 0. The highest BCUT2D eigenvalue weighted by molar-refractivity contribution is 5.82. The van der Waals surface area contributed by atoms with Crippen LogP contribution in [0.1, 0.15) is 38.3 Å². The second-order valence-electron chi connectivity index (χ2n) is 8.10. The van der Waals surface area contributed by atoms with Gasteiger partial charge in [0.05, 0.1) is 18.2 Å². The Bertz CT molecular complexity index is 718. The van der Waals surface area contributed by atoms with E-state index >= 15 is 0 Å². The van der Waals surface area contributed by atoms with Crippen molar-refractivity contribution in [3.63, 3.8) is 0 Å². The molecule has 2 aliphatic heterocycles. The van der Waals surface area contributed by atoms with E-state index in [1.807, 2.05) is 23.1 Å². The second-order valence-corrected chi connectivity index (χ2v) is 8.10. The van der Waals surface area contributed by atoms with Gasteiger partial charge in [-0.05, 0) is 37.8 Å². The van der Waals surface area contributed by atoms with Gasteiger partial charge in [-0.25, -0.2) is 0 Å². The molecule has 2 aliphatic rings. The fourth-order valence-corrected chi connectivity index (χ4v) is 4.13. The van der Waals surface area contributed by atoms with Crippen molar-refractivity contribution in [2.24, 2.45) is 17.6 Å². The van der Waals surface area contributed by atoms with Crippen LogP contribution in [0.25, 0.3) is 0 Å². The molecule has 3 rings (SSSR count). The smallest absolute Gasteiger partial charge is 0.227 e. The van der Waals surface area contributed by atoms with E-state index in [-0.39, 0.29) is 35.6 Å². The molecular weight excluding hydrogens is 370 g/mol. The van der Waals surface area contributed by atoms with Crippen molar-refractivity contribution in [2.75, 3.05) is 26.2 Å². The van der Waals surface area contributed by atoms with Gasteiger partial charge in [-0.1, -0.05) is 6.07 Å². The van der Waals surface area contributed by atoms with Gasteiger partial charge in [-0.3, -0.25) is 19.4 Å². The minimum atomic E-state index is -0.206. The van der Waals surface area contributed by atoms with Crippen molar-refractivity contribution < 1.29 is 14.4 Å². The Morgan fingerprint density at radius 2 is 1.83 bits per heavy atom. The highest BCUT2D eigenvalue weighted by Gasteiger charge is 2.34. The minimum Gasteiger partial charge on any atom is -0.350 e. The Kier molecular flexibility index (Phi) is 7.19. The van der Waals surface area contributed by atoms with Gasteiger partial charge in [-0.15, -0.1) is 0 Å². The fourth-order valence-electron chi connectivity index (χ4n) is 4.13. The number of pyridine rings is 1. The van der Waals surface area contributed by atoms with E-state index in [2.05, 4.69) is 10.3 Å². The average Bonchev–Trinajstić information content (AvgIpc) is 2.94. The average molecular weight is 402 g/mol. The first-order valence-corrected chi connectivity index (χ1v) is 10.4. The Balaban J connectivity index is 1.48. The molecule has 158 valence electrons. The summed E-state index contributed by atoms with van der Waals surface area (Å²) in [6.07, 6.45) is 4.46. The molecule has 0 radical (unpaired) electrons. The van der Waals surface area contributed by atoms with Crippen molar-refractivity contribution in [1.82, 2.24) is 20.1 Å². The van der Waals surface area contributed by atoms with Crippen LogP contribution in [0.3, 0.4) is 0 Å². The van der Waals surface area contributed by atoms with E-state index in [1.165, 1.54) is 6.92 Å². The molecule has 0 saturated carbocycles. The van der Waals surface area contributed by atoms with Crippen molar-refractivity contribution in [2.45, 2.75) is 45.2 Å². The van der Waals surface area contributed by atoms with Crippen LogP contribution < -0.4 is 11.1 Å². The van der Waals surface area contributed by atoms with E-state index in [4.69, 9.17) is 5.73 Å². The Morgan fingerprint density at radius 1 is 1.07 bits per heavy atom. The maximum Gasteiger partial charge on any atom is 0.227 e. The molecule has 3 heterocycles. The zero-order valence-corrected chi connectivity index (χ0v) is 17.0. The molecule has 3 amide bonds. The molecule has 0 spiro atoms. The van der Waals surface area contributed by atoms with Crippen molar-refractivity contribution in [3.8, 4) is 0 Å². The third-order valence-electron chi connectivity index (χ3n) is 5.92. The van der Waals surface area contributed by atoms with Gasteiger partial charge in [0, 0.05) is 51.3 Å². The third kappa shape index (κ3) is 5.76. The molecule has 8 heteroatoms. The maximum absolute atomic E-state index is 13.0. The quantitative estimate of drug-likeness (QED) is 0.765. The molecule has 2 fully saturated rings. The number of nitrogens with one attached hydrogen (secondary N) is 1. The first-order valence-electron chi connectivity index (χ1n) is 10.4. The summed E-state index contributed by atoms with van der Waals surface area (Å²) in [5.74, 6) is -0.229. The molecule has 3 N–H and O–H groups in total. The van der Waals surface area contributed by atoms with Crippen molar-refractivity contribution in [3.05, 3.63) is 30.1 Å². The first-order chi connectivity index (χ1) is 13.9. The summed E-state index contributed by atoms with van der Waals surface area (Å²) >= 11 is 0. The number of rotatable bonds is 4. The van der Waals surface area contributed by atoms with E-state index in [0.29, 0.717) is 52.0 Å². The summed E-state index contributed by atoms with van der Waals surface area (Å²) in [6.45, 7) is 4.03. The molecule has 0 unspecified atom stereocenters. The van der Waals surface area contributed by atoms with E-state index < -0.39 is 0 Å². The molecule has 1 aromatic rings. The van der Waals surface area contributed by atoms with E-state index in [0.717, 1.165) is 12.1 Å². The summed E-state index contributed by atoms with van der Waals surface area (Å²) in [5.41, 5.74) is 6.89. The third-order valence-corrected chi connectivity index (χ3v) is 5.92. The summed E-state index contributed by atoms with van der Waals surface area (Å²) in [4.78, 5) is 45.0. The van der Waals surface area contributed by atoms with Crippen LogP contribution in [0.4, 0.5) is 0 Å². The molecular formula is C21H31N5O3. The molecule has 8 nitrogen and oxygen atoms in total. The Morgan fingerprint density at radius 3 is 2.48 bits per heavy atom. The second kappa shape index (κ2) is 9.82. The molecule has 0 aromatic carbocycles. The monoisotopic (exact) mass is 401 g/mol. The lowest BCUT2D eigenvalue weighted by Gasteiger charge is -2.34. The summed E-state index contributed by atoms with van der Waals surface area (Å²) in [6, 6.07) is 5.54. The van der Waals surface area contributed by atoms with Gasteiger partial charge < -0.3 is 20.9 Å². The molecule has 2 saturated heterocycles. The van der Waals surface area contributed by atoms with Crippen molar-refractivity contribution >= 4 is 17.7 Å². The number of aromatic nitrogens is 1. The molecule has 0 aliphatic carbocycles. The highest BCUT2D eigenvalue weighted by atomic mass is 16.2. The normalized spacial score (nSPS) is 23.4. The lowest BCUT2D eigenvalue weighted by atomic mass is 9.93. The largest absolute Gasteiger partial charge is 0.350 e. The molecule has 29 heavy (non-hydrogen) atoms. The number of hydrogen-bond acceptors (Lipinski definition) is 5. The number of nitrogens with two attached hydrogens (primary N) is 1. The molecule has 0 bridgehead atoms. The first kappa shape index (κ1) is 21.2. The van der Waals surface area contributed by atoms with Crippen LogP contribution in [0, 0.1) is 11.8 Å². The standard InChI is InChI=1S/C21H31N5O3/c1-15(27)26-13-17(5-6-18(22)14-26)21(29)25-10-7-16(8-11-25)20(28)24-12-19-4-2-3-9-23-19/h2-4,9,16-18H,5-8,10-14,22H2,1H3,(H,24,28)/t17-,18+/m1/s1. The summed E-state index contributed by atoms with van der Waals surface area (Å²) < 4.78 is 0. The number of carbonyl (C=O) groups excluding carboxylic acids is 3. The predicted molar refractivity (Wildman–Crippen MR) is 108 cm³/mol. The van der Waals surface area contributed by atoms with Gasteiger partial charge in [0.15, 0.2) is 0 Å². The summed E-state index contributed by atoms with van der Waals surface area (Å²) in [5, 5.41) is 2.94. The number of hydrogen-bond donors (Lipinski definition) is 2. The zero-order chi connectivity index (χ0) is 20.8. The van der Waals surface area contributed by atoms with Crippen molar-refractivity contribution in [1.29, 1.82) is 0 Å². The van der Waals surface area contributed by atoms with Crippen LogP contribution in [-0.2, 0) is 20.9 Å². The number of amides is 3. The lowest BCUT2D eigenvalue weighted by Crippen LogP contribution is -2.47. The number of carbonyl (C=O) groups is 3. The van der Waals surface area contributed by atoms with Gasteiger partial charge in [0.1, 0.15) is 0 Å². The van der Waals surface area contributed by atoms with Crippen LogP contribution in [0.2, 0.25) is 0 Å². The maximum atomic E-state index is 13.0. The van der Waals surface area contributed by atoms with E-state index in [9.17, 15) is 14.4 Å². The highest BCUT2D eigenvalue weighted by Crippen LogP contribution is 2.23. The molecule has 1 aromatic heterocycles. The van der Waals surface area contributed by atoms with Gasteiger partial charge in [-0.2, -0.15) is 0 Å². The Hall–Kier alpha value is -2.48. The fraction of sp³-hybridized carbons (Fsp3) is 0.619. The predicted octanol–water partition coefficient (Wildman–Crippen LogP) is 0.522. The lowest BCUT2D eigenvalue weighted by molar-refractivity contribution is -0.140. The number of nitrogens with zero attached hydrogens (tertiary/aromatic N) is 3. The van der Waals surface area contributed by atoms with Crippen LogP contribution in [0.15, 0.2) is 24.4 Å². The van der Waals surface area contributed by atoms with Gasteiger partial charge >= 0.3 is 0 Å². The molecule has 2 atom stereocenters. The number of piperidine rings is 1.